The van der Waals surface area contributed by atoms with Crippen LogP contribution in [0.25, 0.3) is 11.6 Å². The first kappa shape index (κ1) is 24.5. The van der Waals surface area contributed by atoms with Crippen LogP contribution in [0.3, 0.4) is 0 Å². The smallest absolute Gasteiger partial charge is 0.255 e. The molecule has 11 heteroatoms. The molecule has 0 aliphatic carbocycles. The Bertz CT molecular complexity index is 1270. The predicted molar refractivity (Wildman–Crippen MR) is 130 cm³/mol. The average molecular weight is 492 g/mol. The molecule has 0 spiro atoms. The first-order chi connectivity index (χ1) is 17.6. The Morgan fingerprint density at radius 3 is 2.19 bits per heavy atom. The molecule has 4 rings (SSSR count). The topological polar surface area (TPSA) is 131 Å². The fourth-order valence-corrected chi connectivity index (χ4v) is 3.23. The molecule has 0 saturated heterocycles. The van der Waals surface area contributed by atoms with Gasteiger partial charge in [-0.1, -0.05) is 5.16 Å². The number of carbonyl (C=O) groups excluding carboxylic acids is 1. The van der Waals surface area contributed by atoms with Crippen LogP contribution in [-0.4, -0.2) is 45.8 Å². The van der Waals surface area contributed by atoms with Gasteiger partial charge in [0.05, 0.1) is 19.8 Å². The summed E-state index contributed by atoms with van der Waals surface area (Å²) in [5, 5.41) is 6.58. The molecule has 2 heterocycles. The summed E-state index contributed by atoms with van der Waals surface area (Å²) in [6.07, 6.45) is 2.73. The summed E-state index contributed by atoms with van der Waals surface area (Å²) in [7, 11) is 0. The zero-order valence-electron chi connectivity index (χ0n) is 20.1. The van der Waals surface area contributed by atoms with Gasteiger partial charge in [-0.2, -0.15) is 9.97 Å². The zero-order chi connectivity index (χ0) is 25.3. The Hall–Kier alpha value is -4.67. The van der Waals surface area contributed by atoms with Crippen molar-refractivity contribution in [2.45, 2.75) is 20.8 Å². The summed E-state index contributed by atoms with van der Waals surface area (Å²) in [5.74, 6) is 2.41. The molecule has 2 aromatic carbocycles. The molecule has 1 amide bonds. The standard InChI is InChI=1S/C25H25N5O6/c1-4-32-19-13-16(14-20(33-5-2)22(19)34-6-3)25(31)28-17-7-9-18(10-8-17)36-21-11-12-26-23(29-21)24-27-15-35-30-24/h7-15H,4-6H2,1-3H3,(H,28,31). The van der Waals surface area contributed by atoms with Crippen LogP contribution < -0.4 is 24.3 Å². The third-order valence-electron chi connectivity index (χ3n) is 4.70. The van der Waals surface area contributed by atoms with Gasteiger partial charge in [0.15, 0.2) is 11.5 Å². The fraction of sp³-hybridized carbons (Fsp3) is 0.240. The number of nitrogens with zero attached hydrogens (tertiary/aromatic N) is 4. The molecule has 4 aromatic rings. The molecule has 2 aromatic heterocycles. The lowest BCUT2D eigenvalue weighted by Crippen LogP contribution is -2.13. The number of amides is 1. The Kier molecular flexibility index (Phi) is 7.91. The summed E-state index contributed by atoms with van der Waals surface area (Å²) in [4.78, 5) is 25.3. The number of rotatable bonds is 11. The number of aromatic nitrogens is 4. The zero-order valence-corrected chi connectivity index (χ0v) is 20.1. The van der Waals surface area contributed by atoms with Gasteiger partial charge in [0, 0.05) is 23.5 Å². The second-order valence-corrected chi connectivity index (χ2v) is 7.15. The van der Waals surface area contributed by atoms with Crippen LogP contribution in [-0.2, 0) is 0 Å². The van der Waals surface area contributed by atoms with E-state index in [1.165, 1.54) is 12.6 Å². The maximum absolute atomic E-state index is 13.0. The molecule has 0 unspecified atom stereocenters. The minimum atomic E-state index is -0.325. The van der Waals surface area contributed by atoms with Crippen molar-refractivity contribution in [1.29, 1.82) is 0 Å². The van der Waals surface area contributed by atoms with Crippen molar-refractivity contribution in [3.8, 4) is 40.5 Å². The highest BCUT2D eigenvalue weighted by molar-refractivity contribution is 6.05. The van der Waals surface area contributed by atoms with E-state index in [9.17, 15) is 4.79 Å². The maximum atomic E-state index is 13.0. The second kappa shape index (κ2) is 11.6. The van der Waals surface area contributed by atoms with Crippen LogP contribution in [0, 0.1) is 0 Å². The molecule has 0 atom stereocenters. The number of hydrogen-bond donors (Lipinski definition) is 1. The number of benzene rings is 2. The molecule has 0 fully saturated rings. The van der Waals surface area contributed by atoms with E-state index < -0.39 is 0 Å². The number of hydrogen-bond acceptors (Lipinski definition) is 10. The Labute approximate surface area is 207 Å². The van der Waals surface area contributed by atoms with Crippen LogP contribution in [0.2, 0.25) is 0 Å². The molecule has 186 valence electrons. The molecule has 36 heavy (non-hydrogen) atoms. The lowest BCUT2D eigenvalue weighted by atomic mass is 10.1. The van der Waals surface area contributed by atoms with E-state index in [1.54, 1.807) is 42.5 Å². The van der Waals surface area contributed by atoms with Gasteiger partial charge in [-0.15, -0.1) is 0 Å². The molecule has 0 saturated carbocycles. The largest absolute Gasteiger partial charge is 0.490 e. The first-order valence-electron chi connectivity index (χ1n) is 11.4. The lowest BCUT2D eigenvalue weighted by molar-refractivity contribution is 0.102. The monoisotopic (exact) mass is 491 g/mol. The van der Waals surface area contributed by atoms with Crippen LogP contribution >= 0.6 is 0 Å². The van der Waals surface area contributed by atoms with Gasteiger partial charge >= 0.3 is 0 Å². The highest BCUT2D eigenvalue weighted by atomic mass is 16.5. The Balaban J connectivity index is 1.47. The minimum Gasteiger partial charge on any atom is -0.490 e. The molecule has 0 radical (unpaired) electrons. The predicted octanol–water partition coefficient (Wildman–Crippen LogP) is 4.77. The van der Waals surface area contributed by atoms with E-state index >= 15 is 0 Å². The van der Waals surface area contributed by atoms with Gasteiger partial charge < -0.3 is 28.8 Å². The first-order valence-corrected chi connectivity index (χ1v) is 11.4. The van der Waals surface area contributed by atoms with E-state index in [4.69, 9.17) is 23.5 Å². The summed E-state index contributed by atoms with van der Waals surface area (Å²) in [6.45, 7) is 6.87. The van der Waals surface area contributed by atoms with Gasteiger partial charge in [0.2, 0.25) is 29.7 Å². The number of ether oxygens (including phenoxy) is 4. The molecule has 1 N–H and O–H groups in total. The number of anilines is 1. The SMILES string of the molecule is CCOc1cc(C(=O)Nc2ccc(Oc3ccnc(-c4ncon4)n3)cc2)cc(OCC)c1OCC. The highest BCUT2D eigenvalue weighted by Crippen LogP contribution is 2.39. The second-order valence-electron chi connectivity index (χ2n) is 7.15. The average Bonchev–Trinajstić information content (AvgIpc) is 3.43. The summed E-state index contributed by atoms with van der Waals surface area (Å²) >= 11 is 0. The summed E-state index contributed by atoms with van der Waals surface area (Å²) in [5.41, 5.74) is 0.952. The summed E-state index contributed by atoms with van der Waals surface area (Å²) < 4.78 is 27.6. The molecular weight excluding hydrogens is 466 g/mol. The van der Waals surface area contributed by atoms with Crippen molar-refractivity contribution in [1.82, 2.24) is 20.1 Å². The van der Waals surface area contributed by atoms with Crippen LogP contribution in [0.15, 0.2) is 59.6 Å². The van der Waals surface area contributed by atoms with Crippen molar-refractivity contribution in [3.63, 3.8) is 0 Å². The molecular formula is C25H25N5O6. The maximum Gasteiger partial charge on any atom is 0.255 e. The van der Waals surface area contributed by atoms with E-state index in [-0.39, 0.29) is 17.6 Å². The third-order valence-corrected chi connectivity index (χ3v) is 4.70. The minimum absolute atomic E-state index is 0.257. The van der Waals surface area contributed by atoms with Gasteiger partial charge in [-0.25, -0.2) is 4.98 Å². The third kappa shape index (κ3) is 5.87. The van der Waals surface area contributed by atoms with Crippen molar-refractivity contribution >= 4 is 11.6 Å². The molecule has 0 bridgehead atoms. The number of nitrogens with one attached hydrogen (secondary N) is 1. The van der Waals surface area contributed by atoms with Crippen molar-refractivity contribution in [3.05, 3.63) is 60.6 Å². The van der Waals surface area contributed by atoms with Crippen molar-refractivity contribution in [2.75, 3.05) is 25.1 Å². The Morgan fingerprint density at radius 2 is 1.58 bits per heavy atom. The van der Waals surface area contributed by atoms with Crippen molar-refractivity contribution in [2.24, 2.45) is 0 Å². The lowest BCUT2D eigenvalue weighted by Gasteiger charge is -2.17. The van der Waals surface area contributed by atoms with Gasteiger partial charge in [-0.3, -0.25) is 4.79 Å². The van der Waals surface area contributed by atoms with E-state index in [1.807, 2.05) is 20.8 Å². The van der Waals surface area contributed by atoms with Crippen molar-refractivity contribution < 1.29 is 28.3 Å². The van der Waals surface area contributed by atoms with Gasteiger partial charge in [-0.05, 0) is 57.2 Å². The fourth-order valence-electron chi connectivity index (χ4n) is 3.23. The van der Waals surface area contributed by atoms with E-state index in [0.29, 0.717) is 59.9 Å². The van der Waals surface area contributed by atoms with E-state index in [0.717, 1.165) is 0 Å². The van der Waals surface area contributed by atoms with E-state index in [2.05, 4.69) is 25.4 Å². The highest BCUT2D eigenvalue weighted by Gasteiger charge is 2.18. The van der Waals surface area contributed by atoms with Crippen LogP contribution in [0.4, 0.5) is 5.69 Å². The summed E-state index contributed by atoms with van der Waals surface area (Å²) in [6, 6.07) is 11.7. The normalized spacial score (nSPS) is 10.5. The van der Waals surface area contributed by atoms with Crippen LogP contribution in [0.1, 0.15) is 31.1 Å². The molecule has 11 nitrogen and oxygen atoms in total. The van der Waals surface area contributed by atoms with Gasteiger partial charge in [0.25, 0.3) is 5.91 Å². The molecule has 0 aliphatic rings. The Morgan fingerprint density at radius 1 is 0.889 bits per heavy atom. The molecule has 0 aliphatic heterocycles. The quantitative estimate of drug-likeness (QED) is 0.313. The van der Waals surface area contributed by atoms with Crippen LogP contribution in [0.5, 0.6) is 28.9 Å². The van der Waals surface area contributed by atoms with Gasteiger partial charge in [0.1, 0.15) is 5.75 Å². The number of carbonyl (C=O) groups is 1.